The standard InChI is InChI=1S/C16H18N2O3/c1-5-9-18-14(19)16(6-2,17-15(18)20)12-7-8-13(21-4)11(3)10-12/h1,7-8,10H,6,9H2,2-4H3,(H,17,20). The van der Waals surface area contributed by atoms with Crippen LogP contribution < -0.4 is 10.1 Å². The summed E-state index contributed by atoms with van der Waals surface area (Å²) in [6, 6.07) is 5.01. The topological polar surface area (TPSA) is 58.6 Å². The van der Waals surface area contributed by atoms with Gasteiger partial charge in [0.05, 0.1) is 13.7 Å². The van der Waals surface area contributed by atoms with Gasteiger partial charge in [-0.2, -0.15) is 0 Å². The maximum absolute atomic E-state index is 12.6. The summed E-state index contributed by atoms with van der Waals surface area (Å²) < 4.78 is 5.23. The fourth-order valence-electron chi connectivity index (χ4n) is 2.64. The van der Waals surface area contributed by atoms with E-state index in [1.54, 1.807) is 19.2 Å². The van der Waals surface area contributed by atoms with Crippen LogP contribution in [0.15, 0.2) is 18.2 Å². The number of rotatable bonds is 4. The second kappa shape index (κ2) is 5.49. The number of benzene rings is 1. The highest BCUT2D eigenvalue weighted by molar-refractivity contribution is 6.07. The molecule has 1 aliphatic rings. The minimum atomic E-state index is -1.05. The highest BCUT2D eigenvalue weighted by atomic mass is 16.5. The Labute approximate surface area is 124 Å². The number of amides is 3. The number of imide groups is 1. The van der Waals surface area contributed by atoms with Crippen LogP contribution in [0.5, 0.6) is 5.75 Å². The van der Waals surface area contributed by atoms with Crippen LogP contribution in [-0.4, -0.2) is 30.5 Å². The van der Waals surface area contributed by atoms with Crippen LogP contribution in [0.2, 0.25) is 0 Å². The SMILES string of the molecule is C#CCN1C(=O)NC(CC)(c2ccc(OC)c(C)c2)C1=O. The Morgan fingerprint density at radius 2 is 2.14 bits per heavy atom. The van der Waals surface area contributed by atoms with Crippen LogP contribution in [0.3, 0.4) is 0 Å². The van der Waals surface area contributed by atoms with Crippen molar-refractivity contribution in [1.29, 1.82) is 0 Å². The summed E-state index contributed by atoms with van der Waals surface area (Å²) in [5.74, 6) is 2.77. The number of carbonyl (C=O) groups excluding carboxylic acids is 2. The Bertz CT molecular complexity index is 633. The van der Waals surface area contributed by atoms with Gasteiger partial charge in [0.1, 0.15) is 11.3 Å². The first kappa shape index (κ1) is 14.9. The Morgan fingerprint density at radius 3 is 2.67 bits per heavy atom. The zero-order valence-electron chi connectivity index (χ0n) is 12.4. The summed E-state index contributed by atoms with van der Waals surface area (Å²) in [7, 11) is 1.59. The van der Waals surface area contributed by atoms with Gasteiger partial charge in [0.2, 0.25) is 0 Å². The minimum absolute atomic E-state index is 0.0262. The fourth-order valence-corrected chi connectivity index (χ4v) is 2.64. The lowest BCUT2D eigenvalue weighted by Gasteiger charge is -2.26. The molecule has 1 aliphatic heterocycles. The number of carbonyl (C=O) groups is 2. The van der Waals surface area contributed by atoms with E-state index in [9.17, 15) is 9.59 Å². The molecule has 5 heteroatoms. The van der Waals surface area contributed by atoms with Gasteiger partial charge in [-0.25, -0.2) is 4.79 Å². The molecule has 0 spiro atoms. The predicted molar refractivity (Wildman–Crippen MR) is 78.8 cm³/mol. The van der Waals surface area contributed by atoms with Crippen molar-refractivity contribution < 1.29 is 14.3 Å². The quantitative estimate of drug-likeness (QED) is 0.678. The van der Waals surface area contributed by atoms with Gasteiger partial charge in [0.15, 0.2) is 0 Å². The molecule has 1 saturated heterocycles. The second-order valence-corrected chi connectivity index (χ2v) is 4.97. The summed E-state index contributed by atoms with van der Waals surface area (Å²) in [5.41, 5.74) is 0.590. The van der Waals surface area contributed by atoms with E-state index in [1.165, 1.54) is 0 Å². The molecule has 3 amide bonds. The Balaban J connectivity index is 2.48. The minimum Gasteiger partial charge on any atom is -0.496 e. The molecular weight excluding hydrogens is 268 g/mol. The third-order valence-electron chi connectivity index (χ3n) is 3.84. The van der Waals surface area contributed by atoms with E-state index in [0.717, 1.165) is 21.8 Å². The molecule has 0 bridgehead atoms. The first-order valence-corrected chi connectivity index (χ1v) is 6.72. The smallest absolute Gasteiger partial charge is 0.326 e. The van der Waals surface area contributed by atoms with Crippen molar-refractivity contribution in [3.63, 3.8) is 0 Å². The van der Waals surface area contributed by atoms with Crippen LogP contribution >= 0.6 is 0 Å². The highest BCUT2D eigenvalue weighted by Crippen LogP contribution is 2.34. The molecule has 1 N–H and O–H groups in total. The average molecular weight is 286 g/mol. The molecule has 0 radical (unpaired) electrons. The van der Waals surface area contributed by atoms with Crippen LogP contribution in [0.25, 0.3) is 0 Å². The van der Waals surface area contributed by atoms with E-state index >= 15 is 0 Å². The predicted octanol–water partition coefficient (Wildman–Crippen LogP) is 1.79. The number of aryl methyl sites for hydroxylation is 1. The van der Waals surface area contributed by atoms with Gasteiger partial charge in [0.25, 0.3) is 5.91 Å². The molecule has 2 rings (SSSR count). The lowest BCUT2D eigenvalue weighted by Crippen LogP contribution is -2.43. The van der Waals surface area contributed by atoms with E-state index in [-0.39, 0.29) is 12.5 Å². The molecule has 1 fully saturated rings. The zero-order valence-corrected chi connectivity index (χ0v) is 12.4. The Kier molecular flexibility index (Phi) is 3.90. The molecule has 1 aromatic carbocycles. The number of hydrogen-bond donors (Lipinski definition) is 1. The van der Waals surface area contributed by atoms with Gasteiger partial charge in [-0.3, -0.25) is 9.69 Å². The second-order valence-electron chi connectivity index (χ2n) is 4.97. The monoisotopic (exact) mass is 286 g/mol. The molecule has 21 heavy (non-hydrogen) atoms. The number of nitrogens with one attached hydrogen (secondary N) is 1. The molecule has 1 atom stereocenters. The van der Waals surface area contributed by atoms with Crippen LogP contribution in [-0.2, 0) is 10.3 Å². The first-order chi connectivity index (χ1) is 10.00. The summed E-state index contributed by atoms with van der Waals surface area (Å²) in [6.07, 6.45) is 5.67. The number of ether oxygens (including phenoxy) is 1. The summed E-state index contributed by atoms with van der Waals surface area (Å²) >= 11 is 0. The Hall–Kier alpha value is -2.48. The normalized spacial score (nSPS) is 21.1. The summed E-state index contributed by atoms with van der Waals surface area (Å²) in [6.45, 7) is 3.73. The summed E-state index contributed by atoms with van der Waals surface area (Å²) in [4.78, 5) is 25.7. The van der Waals surface area contributed by atoms with Gasteiger partial charge in [-0.05, 0) is 36.6 Å². The molecule has 1 heterocycles. The number of hydrogen-bond acceptors (Lipinski definition) is 3. The third-order valence-corrected chi connectivity index (χ3v) is 3.84. The van der Waals surface area contributed by atoms with Crippen LogP contribution in [0.4, 0.5) is 4.79 Å². The van der Waals surface area contributed by atoms with E-state index in [0.29, 0.717) is 6.42 Å². The highest BCUT2D eigenvalue weighted by Gasteiger charge is 2.51. The van der Waals surface area contributed by atoms with E-state index < -0.39 is 11.6 Å². The maximum Gasteiger partial charge on any atom is 0.326 e. The van der Waals surface area contributed by atoms with Crippen molar-refractivity contribution in [2.45, 2.75) is 25.8 Å². The number of methoxy groups -OCH3 is 1. The molecular formula is C16H18N2O3. The van der Waals surface area contributed by atoms with Crippen molar-refractivity contribution in [3.05, 3.63) is 29.3 Å². The lowest BCUT2D eigenvalue weighted by molar-refractivity contribution is -0.131. The largest absolute Gasteiger partial charge is 0.496 e. The zero-order chi connectivity index (χ0) is 15.6. The third kappa shape index (κ3) is 2.23. The number of urea groups is 1. The van der Waals surface area contributed by atoms with Crippen molar-refractivity contribution in [2.75, 3.05) is 13.7 Å². The lowest BCUT2D eigenvalue weighted by atomic mass is 9.86. The average Bonchev–Trinajstić information content (AvgIpc) is 2.72. The van der Waals surface area contributed by atoms with Crippen molar-refractivity contribution >= 4 is 11.9 Å². The number of terminal acetylenes is 1. The Morgan fingerprint density at radius 1 is 1.43 bits per heavy atom. The van der Waals surface area contributed by atoms with Gasteiger partial charge in [-0.1, -0.05) is 18.9 Å². The fraction of sp³-hybridized carbons (Fsp3) is 0.375. The summed E-state index contributed by atoms with van der Waals surface area (Å²) in [5, 5.41) is 2.78. The van der Waals surface area contributed by atoms with E-state index in [4.69, 9.17) is 11.2 Å². The van der Waals surface area contributed by atoms with Gasteiger partial charge >= 0.3 is 6.03 Å². The van der Waals surface area contributed by atoms with Crippen molar-refractivity contribution in [1.82, 2.24) is 10.2 Å². The molecule has 1 unspecified atom stereocenters. The molecule has 0 aliphatic carbocycles. The number of nitrogens with zero attached hydrogens (tertiary/aromatic N) is 1. The van der Waals surface area contributed by atoms with Gasteiger partial charge < -0.3 is 10.1 Å². The van der Waals surface area contributed by atoms with E-state index in [1.807, 2.05) is 19.9 Å². The van der Waals surface area contributed by atoms with Gasteiger partial charge in [0, 0.05) is 0 Å². The van der Waals surface area contributed by atoms with Crippen LogP contribution in [0, 0.1) is 19.3 Å². The molecule has 0 aromatic heterocycles. The molecule has 0 saturated carbocycles. The first-order valence-electron chi connectivity index (χ1n) is 6.72. The molecule has 110 valence electrons. The maximum atomic E-state index is 12.6. The van der Waals surface area contributed by atoms with Crippen LogP contribution in [0.1, 0.15) is 24.5 Å². The molecule has 1 aromatic rings. The van der Waals surface area contributed by atoms with Crippen molar-refractivity contribution in [2.24, 2.45) is 0 Å². The molecule has 5 nitrogen and oxygen atoms in total. The van der Waals surface area contributed by atoms with Gasteiger partial charge in [-0.15, -0.1) is 6.42 Å². The van der Waals surface area contributed by atoms with Crippen molar-refractivity contribution in [3.8, 4) is 18.1 Å². The van der Waals surface area contributed by atoms with E-state index in [2.05, 4.69) is 11.2 Å².